The molecule has 23 heavy (non-hydrogen) atoms. The minimum absolute atomic E-state index is 0.00845. The van der Waals surface area contributed by atoms with Crippen LogP contribution in [0.25, 0.3) is 5.70 Å². The molecule has 2 rings (SSSR count). The molecule has 1 aromatic rings. The van der Waals surface area contributed by atoms with Gasteiger partial charge in [0.1, 0.15) is 11.6 Å². The predicted octanol–water partition coefficient (Wildman–Crippen LogP) is 4.52. The van der Waals surface area contributed by atoms with E-state index in [9.17, 15) is 13.2 Å². The summed E-state index contributed by atoms with van der Waals surface area (Å²) in [5, 5.41) is 0. The smallest absolute Gasteiger partial charge is 0.256 e. The molecule has 0 bridgehead atoms. The molecule has 1 heterocycles. The van der Waals surface area contributed by atoms with Gasteiger partial charge in [-0.3, -0.25) is 0 Å². The third-order valence-electron chi connectivity index (χ3n) is 3.16. The summed E-state index contributed by atoms with van der Waals surface area (Å²) < 4.78 is 50.5. The summed E-state index contributed by atoms with van der Waals surface area (Å²) in [5.74, 6) is -0.288. The van der Waals surface area contributed by atoms with E-state index in [1.165, 1.54) is 24.1 Å². The third kappa shape index (κ3) is 4.17. The number of halogens is 4. The first-order valence-electron chi connectivity index (χ1n) is 6.68. The van der Waals surface area contributed by atoms with Crippen LogP contribution in [0.5, 0.6) is 5.75 Å². The lowest BCUT2D eigenvalue weighted by atomic mass is 10.1. The van der Waals surface area contributed by atoms with E-state index >= 15 is 0 Å². The van der Waals surface area contributed by atoms with E-state index in [2.05, 4.69) is 22.5 Å². The van der Waals surface area contributed by atoms with Gasteiger partial charge in [0, 0.05) is 28.9 Å². The zero-order chi connectivity index (χ0) is 17.0. The van der Waals surface area contributed by atoms with Crippen molar-refractivity contribution in [1.82, 2.24) is 4.90 Å². The molecule has 0 unspecified atom stereocenters. The number of hydrogen-bond acceptors (Lipinski definition) is 3. The van der Waals surface area contributed by atoms with Gasteiger partial charge in [-0.2, -0.15) is 0 Å². The molecule has 1 aliphatic heterocycles. The number of hydrogen-bond donors (Lipinski definition) is 0. The molecule has 0 N–H and O–H groups in total. The van der Waals surface area contributed by atoms with E-state index in [0.717, 1.165) is 0 Å². The molecule has 0 saturated carbocycles. The molecule has 0 amide bonds. The standard InChI is InChI=1S/C16H15BrF3NO2/c1-10-13(17)5-6-15(21(10)8-16(19)20)12-4-3-11(7-14(12)18)23-9-22-2/h3-7,16H,1,8-9H2,2H3. The highest BCUT2D eigenvalue weighted by Crippen LogP contribution is 2.35. The summed E-state index contributed by atoms with van der Waals surface area (Å²) in [7, 11) is 1.45. The second kappa shape index (κ2) is 7.70. The number of methoxy groups -OCH3 is 1. The lowest BCUT2D eigenvalue weighted by Crippen LogP contribution is -2.28. The lowest BCUT2D eigenvalue weighted by Gasteiger charge is -2.31. The topological polar surface area (TPSA) is 21.7 Å². The molecular weight excluding hydrogens is 375 g/mol. The predicted molar refractivity (Wildman–Crippen MR) is 85.7 cm³/mol. The van der Waals surface area contributed by atoms with E-state index in [-0.39, 0.29) is 12.4 Å². The van der Waals surface area contributed by atoms with Gasteiger partial charge in [-0.15, -0.1) is 0 Å². The normalized spacial score (nSPS) is 14.9. The summed E-state index contributed by atoms with van der Waals surface area (Å²) in [5.41, 5.74) is 0.851. The first kappa shape index (κ1) is 17.6. The number of ether oxygens (including phenoxy) is 2. The van der Waals surface area contributed by atoms with Crippen molar-refractivity contribution < 1.29 is 22.6 Å². The van der Waals surface area contributed by atoms with E-state index in [1.807, 2.05) is 0 Å². The zero-order valence-corrected chi connectivity index (χ0v) is 13.9. The van der Waals surface area contributed by atoms with Crippen LogP contribution in [0.3, 0.4) is 0 Å². The van der Waals surface area contributed by atoms with Crippen LogP contribution in [0.15, 0.2) is 47.1 Å². The fraction of sp³-hybridized carbons (Fsp3) is 0.250. The molecule has 0 spiro atoms. The highest BCUT2D eigenvalue weighted by molar-refractivity contribution is 9.12. The van der Waals surface area contributed by atoms with Gasteiger partial charge >= 0.3 is 0 Å². The third-order valence-corrected chi connectivity index (χ3v) is 3.88. The highest BCUT2D eigenvalue weighted by Gasteiger charge is 2.24. The Bertz CT molecular complexity index is 659. The van der Waals surface area contributed by atoms with E-state index < -0.39 is 18.8 Å². The van der Waals surface area contributed by atoms with Gasteiger partial charge in [0.05, 0.1) is 12.2 Å². The average Bonchev–Trinajstić information content (AvgIpc) is 2.50. The SMILES string of the molecule is C=C1C(Br)=CC=C(c2ccc(OCOC)cc2F)N1CC(F)F. The molecular formula is C16H15BrF3NO2. The number of alkyl halides is 2. The van der Waals surface area contributed by atoms with Gasteiger partial charge in [0.2, 0.25) is 0 Å². The summed E-state index contributed by atoms with van der Waals surface area (Å²) in [6.45, 7) is 3.18. The Hall–Kier alpha value is -1.73. The fourth-order valence-electron chi connectivity index (χ4n) is 2.11. The monoisotopic (exact) mass is 389 g/mol. The molecule has 0 atom stereocenters. The molecule has 0 fully saturated rings. The van der Waals surface area contributed by atoms with Gasteiger partial charge in [0.15, 0.2) is 6.79 Å². The maximum Gasteiger partial charge on any atom is 0.256 e. The van der Waals surface area contributed by atoms with E-state index in [0.29, 0.717) is 21.6 Å². The van der Waals surface area contributed by atoms with Crippen molar-refractivity contribution in [3.05, 3.63) is 58.5 Å². The molecule has 3 nitrogen and oxygen atoms in total. The first-order chi connectivity index (χ1) is 10.9. The van der Waals surface area contributed by atoms with Crippen LogP contribution in [0.2, 0.25) is 0 Å². The van der Waals surface area contributed by atoms with Gasteiger partial charge in [-0.05, 0) is 40.2 Å². The Morgan fingerprint density at radius 2 is 2.04 bits per heavy atom. The van der Waals surface area contributed by atoms with Crippen LogP contribution in [-0.4, -0.2) is 31.8 Å². The van der Waals surface area contributed by atoms with E-state index in [1.54, 1.807) is 18.2 Å². The number of nitrogens with zero attached hydrogens (tertiary/aromatic N) is 1. The van der Waals surface area contributed by atoms with Crippen molar-refractivity contribution in [2.75, 3.05) is 20.4 Å². The molecule has 1 aliphatic rings. The van der Waals surface area contributed by atoms with Crippen molar-refractivity contribution in [3.8, 4) is 5.75 Å². The Kier molecular flexibility index (Phi) is 5.90. The first-order valence-corrected chi connectivity index (χ1v) is 7.47. The number of allylic oxidation sites excluding steroid dienone is 3. The fourth-order valence-corrected chi connectivity index (χ4v) is 2.46. The van der Waals surface area contributed by atoms with Crippen LogP contribution in [0.1, 0.15) is 5.56 Å². The lowest BCUT2D eigenvalue weighted by molar-refractivity contribution is 0.0509. The minimum Gasteiger partial charge on any atom is -0.467 e. The van der Waals surface area contributed by atoms with Crippen molar-refractivity contribution in [3.63, 3.8) is 0 Å². The van der Waals surface area contributed by atoms with Crippen molar-refractivity contribution in [1.29, 1.82) is 0 Å². The Morgan fingerprint density at radius 1 is 1.30 bits per heavy atom. The molecule has 124 valence electrons. The Morgan fingerprint density at radius 3 is 2.65 bits per heavy atom. The minimum atomic E-state index is -2.58. The van der Waals surface area contributed by atoms with Crippen LogP contribution in [0, 0.1) is 5.82 Å². The summed E-state index contributed by atoms with van der Waals surface area (Å²) >= 11 is 3.25. The Labute approximate surface area is 140 Å². The maximum absolute atomic E-state index is 14.4. The van der Waals surface area contributed by atoms with E-state index in [4.69, 9.17) is 9.47 Å². The van der Waals surface area contributed by atoms with Gasteiger partial charge in [-0.25, -0.2) is 13.2 Å². The van der Waals surface area contributed by atoms with Crippen molar-refractivity contribution >= 4 is 21.6 Å². The second-order valence-corrected chi connectivity index (χ2v) is 5.56. The molecule has 0 aliphatic carbocycles. The van der Waals surface area contributed by atoms with Crippen LogP contribution in [-0.2, 0) is 4.74 Å². The Balaban J connectivity index is 2.36. The molecule has 0 saturated heterocycles. The molecule has 7 heteroatoms. The van der Waals surface area contributed by atoms with Crippen LogP contribution >= 0.6 is 15.9 Å². The average molecular weight is 390 g/mol. The molecule has 1 aromatic carbocycles. The summed E-state index contributed by atoms with van der Waals surface area (Å²) in [6.07, 6.45) is 0.629. The maximum atomic E-state index is 14.4. The zero-order valence-electron chi connectivity index (χ0n) is 12.4. The summed E-state index contributed by atoms with van der Waals surface area (Å²) in [6, 6.07) is 4.21. The van der Waals surface area contributed by atoms with Crippen LogP contribution in [0.4, 0.5) is 13.2 Å². The quantitative estimate of drug-likeness (QED) is 0.667. The van der Waals surface area contributed by atoms with Gasteiger partial charge < -0.3 is 14.4 Å². The van der Waals surface area contributed by atoms with Gasteiger partial charge in [0.25, 0.3) is 6.43 Å². The second-order valence-electron chi connectivity index (χ2n) is 4.71. The summed E-state index contributed by atoms with van der Waals surface area (Å²) in [4.78, 5) is 1.28. The number of benzene rings is 1. The highest BCUT2D eigenvalue weighted by atomic mass is 79.9. The number of rotatable bonds is 6. The molecule has 0 radical (unpaired) electrons. The largest absolute Gasteiger partial charge is 0.467 e. The van der Waals surface area contributed by atoms with Crippen LogP contribution < -0.4 is 4.74 Å². The van der Waals surface area contributed by atoms with Crippen molar-refractivity contribution in [2.45, 2.75) is 6.43 Å². The van der Waals surface area contributed by atoms with Gasteiger partial charge in [-0.1, -0.05) is 6.58 Å². The molecule has 0 aromatic heterocycles. The van der Waals surface area contributed by atoms with Crippen molar-refractivity contribution in [2.24, 2.45) is 0 Å².